The van der Waals surface area contributed by atoms with Crippen LogP contribution in [0.4, 0.5) is 0 Å². The van der Waals surface area contributed by atoms with Crippen molar-refractivity contribution < 1.29 is 0 Å². The van der Waals surface area contributed by atoms with E-state index in [0.717, 1.165) is 10.5 Å². The van der Waals surface area contributed by atoms with Crippen molar-refractivity contribution in [1.82, 2.24) is 4.57 Å². The van der Waals surface area contributed by atoms with Gasteiger partial charge in [0.25, 0.3) is 0 Å². The van der Waals surface area contributed by atoms with Crippen molar-refractivity contribution in [2.24, 2.45) is 10.2 Å². The minimum atomic E-state index is 0.287. The van der Waals surface area contributed by atoms with Crippen LogP contribution in [0.1, 0.15) is 33.7 Å². The predicted octanol–water partition coefficient (Wildman–Crippen LogP) is 5.76. The van der Waals surface area contributed by atoms with Gasteiger partial charge in [-0.15, -0.1) is 5.10 Å². The summed E-state index contributed by atoms with van der Waals surface area (Å²) in [6.45, 7) is 8.31. The molecule has 2 aromatic carbocycles. The smallest absolute Gasteiger partial charge is 0.211 e. The highest BCUT2D eigenvalue weighted by molar-refractivity contribution is 7.13. The summed E-state index contributed by atoms with van der Waals surface area (Å²) >= 11 is 1.69. The summed E-state index contributed by atoms with van der Waals surface area (Å²) in [7, 11) is 0. The van der Waals surface area contributed by atoms with Crippen molar-refractivity contribution in [3.8, 4) is 21.7 Å². The van der Waals surface area contributed by atoms with Gasteiger partial charge in [-0.2, -0.15) is 5.10 Å². The first-order chi connectivity index (χ1) is 12.1. The van der Waals surface area contributed by atoms with E-state index in [1.165, 1.54) is 21.7 Å². The lowest BCUT2D eigenvalue weighted by Gasteiger charge is -2.14. The highest BCUT2D eigenvalue weighted by atomic mass is 32.1. The van der Waals surface area contributed by atoms with E-state index in [9.17, 15) is 0 Å². The van der Waals surface area contributed by atoms with Crippen LogP contribution in [0.5, 0.6) is 0 Å². The van der Waals surface area contributed by atoms with Crippen LogP contribution in [0.15, 0.2) is 70.9 Å². The molecule has 0 saturated carbocycles. The van der Waals surface area contributed by atoms with Gasteiger partial charge in [0.2, 0.25) is 4.80 Å². The lowest BCUT2D eigenvalue weighted by atomic mass is 10.1. The summed E-state index contributed by atoms with van der Waals surface area (Å²) in [4.78, 5) is 2.15. The fraction of sp³-hybridized carbons (Fsp3) is 0.238. The predicted molar refractivity (Wildman–Crippen MR) is 108 cm³/mol. The Balaban J connectivity index is 2.37. The van der Waals surface area contributed by atoms with E-state index in [-0.39, 0.29) is 6.04 Å². The second-order valence-corrected chi connectivity index (χ2v) is 7.38. The van der Waals surface area contributed by atoms with Crippen LogP contribution in [-0.4, -0.2) is 10.3 Å². The average Bonchev–Trinajstić information content (AvgIpc) is 3.01. The van der Waals surface area contributed by atoms with Gasteiger partial charge in [-0.05, 0) is 38.8 Å². The Morgan fingerprint density at radius 2 is 1.44 bits per heavy atom. The van der Waals surface area contributed by atoms with E-state index in [0.29, 0.717) is 0 Å². The molecule has 0 bridgehead atoms. The lowest BCUT2D eigenvalue weighted by Crippen LogP contribution is -2.18. The van der Waals surface area contributed by atoms with E-state index in [4.69, 9.17) is 0 Å². The van der Waals surface area contributed by atoms with Crippen LogP contribution in [0, 0.1) is 0 Å². The molecule has 0 N–H and O–H groups in total. The summed E-state index contributed by atoms with van der Waals surface area (Å²) in [6.07, 6.45) is 0. The van der Waals surface area contributed by atoms with Gasteiger partial charge in [-0.3, -0.25) is 0 Å². The van der Waals surface area contributed by atoms with E-state index < -0.39 is 0 Å². The molecule has 128 valence electrons. The monoisotopic (exact) mass is 349 g/mol. The van der Waals surface area contributed by atoms with Gasteiger partial charge in [-0.1, -0.05) is 72.0 Å². The fourth-order valence-corrected chi connectivity index (χ4v) is 3.97. The van der Waals surface area contributed by atoms with Gasteiger partial charge in [0.1, 0.15) is 0 Å². The molecule has 0 unspecified atom stereocenters. The van der Waals surface area contributed by atoms with Crippen molar-refractivity contribution in [2.45, 2.75) is 33.7 Å². The van der Waals surface area contributed by atoms with E-state index >= 15 is 0 Å². The molecule has 3 rings (SSSR count). The molecule has 0 aliphatic carbocycles. The van der Waals surface area contributed by atoms with Crippen molar-refractivity contribution in [3.63, 3.8) is 0 Å². The molecule has 1 heterocycles. The SMILES string of the molecule is CC(C)=NN=c1sc(-c2ccccc2)c(-c2ccccc2)n1C(C)C. The molecule has 0 radical (unpaired) electrons. The summed E-state index contributed by atoms with van der Waals surface area (Å²) < 4.78 is 2.29. The first-order valence-electron chi connectivity index (χ1n) is 8.49. The van der Waals surface area contributed by atoms with Gasteiger partial charge in [0, 0.05) is 11.8 Å². The van der Waals surface area contributed by atoms with Gasteiger partial charge in [0.05, 0.1) is 10.6 Å². The summed E-state index contributed by atoms with van der Waals surface area (Å²) in [5.74, 6) is 0. The third kappa shape index (κ3) is 3.80. The summed E-state index contributed by atoms with van der Waals surface area (Å²) in [6, 6.07) is 21.3. The van der Waals surface area contributed by atoms with E-state index in [1.807, 2.05) is 26.0 Å². The topological polar surface area (TPSA) is 29.6 Å². The molecule has 0 atom stereocenters. The molecule has 0 aliphatic rings. The molecule has 25 heavy (non-hydrogen) atoms. The number of nitrogens with zero attached hydrogens (tertiary/aromatic N) is 3. The lowest BCUT2D eigenvalue weighted by molar-refractivity contribution is 0.588. The highest BCUT2D eigenvalue weighted by Gasteiger charge is 2.18. The first kappa shape index (κ1) is 17.4. The standard InChI is InChI=1S/C21H23N3S/c1-15(2)22-23-21-24(16(3)4)19(17-11-7-5-8-12-17)20(25-21)18-13-9-6-10-14-18/h5-14,16H,1-4H3. The summed E-state index contributed by atoms with van der Waals surface area (Å²) in [5, 5.41) is 8.84. The molecular formula is C21H23N3S. The number of aromatic nitrogens is 1. The number of thiazole rings is 1. The Kier molecular flexibility index (Phi) is 5.29. The maximum Gasteiger partial charge on any atom is 0.211 e. The van der Waals surface area contributed by atoms with E-state index in [1.54, 1.807) is 11.3 Å². The number of rotatable bonds is 4. The zero-order chi connectivity index (χ0) is 17.8. The van der Waals surface area contributed by atoms with Crippen LogP contribution in [0.2, 0.25) is 0 Å². The Bertz CT molecular complexity index is 928. The van der Waals surface area contributed by atoms with Crippen LogP contribution >= 0.6 is 11.3 Å². The second-order valence-electron chi connectivity index (χ2n) is 6.41. The van der Waals surface area contributed by atoms with Crippen LogP contribution < -0.4 is 4.80 Å². The van der Waals surface area contributed by atoms with Gasteiger partial charge < -0.3 is 4.57 Å². The minimum absolute atomic E-state index is 0.287. The number of hydrogen-bond acceptors (Lipinski definition) is 3. The minimum Gasteiger partial charge on any atom is -0.312 e. The molecule has 1 aromatic heterocycles. The largest absolute Gasteiger partial charge is 0.312 e. The first-order valence-corrected chi connectivity index (χ1v) is 9.30. The Morgan fingerprint density at radius 3 is 1.96 bits per heavy atom. The molecule has 3 nitrogen and oxygen atoms in total. The fourth-order valence-electron chi connectivity index (χ4n) is 2.74. The average molecular weight is 350 g/mol. The quantitative estimate of drug-likeness (QED) is 0.423. The zero-order valence-corrected chi connectivity index (χ0v) is 15.9. The van der Waals surface area contributed by atoms with E-state index in [2.05, 4.69) is 77.1 Å². The molecule has 0 amide bonds. The Labute approximate surface area is 153 Å². The number of benzene rings is 2. The highest BCUT2D eigenvalue weighted by Crippen LogP contribution is 2.36. The molecule has 0 spiro atoms. The third-order valence-electron chi connectivity index (χ3n) is 3.79. The van der Waals surface area contributed by atoms with Crippen LogP contribution in [0.3, 0.4) is 0 Å². The second kappa shape index (κ2) is 7.62. The van der Waals surface area contributed by atoms with Crippen molar-refractivity contribution in [3.05, 3.63) is 65.5 Å². The van der Waals surface area contributed by atoms with Crippen LogP contribution in [0.25, 0.3) is 21.7 Å². The Morgan fingerprint density at radius 1 is 0.880 bits per heavy atom. The Hall–Kier alpha value is -2.46. The number of hydrogen-bond donors (Lipinski definition) is 0. The zero-order valence-electron chi connectivity index (χ0n) is 15.1. The molecule has 3 aromatic rings. The molecular weight excluding hydrogens is 326 g/mol. The maximum absolute atomic E-state index is 4.53. The van der Waals surface area contributed by atoms with Crippen molar-refractivity contribution in [1.29, 1.82) is 0 Å². The van der Waals surface area contributed by atoms with Gasteiger partial charge in [0.15, 0.2) is 0 Å². The molecule has 0 saturated heterocycles. The third-order valence-corrected chi connectivity index (χ3v) is 4.88. The van der Waals surface area contributed by atoms with Crippen molar-refractivity contribution >= 4 is 17.0 Å². The summed E-state index contributed by atoms with van der Waals surface area (Å²) in [5.41, 5.74) is 4.56. The van der Waals surface area contributed by atoms with Crippen molar-refractivity contribution in [2.75, 3.05) is 0 Å². The molecule has 0 aliphatic heterocycles. The van der Waals surface area contributed by atoms with Gasteiger partial charge in [-0.25, -0.2) is 0 Å². The van der Waals surface area contributed by atoms with Gasteiger partial charge >= 0.3 is 0 Å². The molecule has 0 fully saturated rings. The van der Waals surface area contributed by atoms with Crippen LogP contribution in [-0.2, 0) is 0 Å². The molecule has 4 heteroatoms. The maximum atomic E-state index is 4.53. The normalized spacial score (nSPS) is 11.8.